The molecule has 2 nitrogen and oxygen atoms in total. The Morgan fingerprint density at radius 1 is 1.26 bits per heavy atom. The van der Waals surface area contributed by atoms with Crippen molar-refractivity contribution < 1.29 is 13.9 Å². The van der Waals surface area contributed by atoms with Crippen LogP contribution in [0.4, 0.5) is 8.78 Å². The van der Waals surface area contributed by atoms with Crippen molar-refractivity contribution in [2.24, 2.45) is 11.8 Å². The van der Waals surface area contributed by atoms with E-state index in [9.17, 15) is 8.78 Å². The number of benzene rings is 1. The van der Waals surface area contributed by atoms with Gasteiger partial charge in [0, 0.05) is 18.7 Å². The number of hydrogen-bond acceptors (Lipinski definition) is 2. The molecule has 108 valence electrons. The summed E-state index contributed by atoms with van der Waals surface area (Å²) in [5.41, 5.74) is 0.340. The van der Waals surface area contributed by atoms with Crippen LogP contribution in [0.1, 0.15) is 32.3 Å². The van der Waals surface area contributed by atoms with Crippen LogP contribution >= 0.6 is 0 Å². The average Bonchev–Trinajstić information content (AvgIpc) is 2.33. The summed E-state index contributed by atoms with van der Waals surface area (Å²) >= 11 is 0. The largest absolute Gasteiger partial charge is 0.396 e. The number of rotatable bonds is 8. The second-order valence-electron chi connectivity index (χ2n) is 5.37. The Labute approximate surface area is 113 Å². The fourth-order valence-corrected chi connectivity index (χ4v) is 2.24. The molecule has 0 aliphatic heterocycles. The van der Waals surface area contributed by atoms with Gasteiger partial charge in [-0.05, 0) is 49.4 Å². The molecule has 0 bridgehead atoms. The zero-order valence-corrected chi connectivity index (χ0v) is 11.6. The molecule has 0 aromatic heterocycles. The highest BCUT2D eigenvalue weighted by Gasteiger charge is 2.11. The van der Waals surface area contributed by atoms with E-state index in [1.165, 1.54) is 6.07 Å². The van der Waals surface area contributed by atoms with Crippen molar-refractivity contribution in [2.45, 2.75) is 33.2 Å². The van der Waals surface area contributed by atoms with E-state index >= 15 is 0 Å². The molecule has 0 saturated heterocycles. The van der Waals surface area contributed by atoms with Crippen molar-refractivity contribution in [1.29, 1.82) is 0 Å². The summed E-state index contributed by atoms with van der Waals surface area (Å²) in [6, 6.07) is 3.48. The van der Waals surface area contributed by atoms with E-state index in [0.29, 0.717) is 30.5 Å². The highest BCUT2D eigenvalue weighted by atomic mass is 19.1. The van der Waals surface area contributed by atoms with Gasteiger partial charge < -0.3 is 10.4 Å². The first-order valence-corrected chi connectivity index (χ1v) is 6.78. The molecule has 2 N–H and O–H groups in total. The zero-order chi connectivity index (χ0) is 14.3. The van der Waals surface area contributed by atoms with E-state index in [1.807, 2.05) is 0 Å². The lowest BCUT2D eigenvalue weighted by Crippen LogP contribution is -2.25. The van der Waals surface area contributed by atoms with E-state index in [4.69, 9.17) is 5.11 Å². The highest BCUT2D eigenvalue weighted by Crippen LogP contribution is 2.15. The van der Waals surface area contributed by atoms with Gasteiger partial charge >= 0.3 is 0 Å². The van der Waals surface area contributed by atoms with Gasteiger partial charge in [0.05, 0.1) is 0 Å². The normalized spacial score (nSPS) is 12.9. The summed E-state index contributed by atoms with van der Waals surface area (Å²) in [6.07, 6.45) is 1.75. The predicted octanol–water partition coefficient (Wildman–Crippen LogP) is 3.10. The lowest BCUT2D eigenvalue weighted by molar-refractivity contribution is 0.239. The Balaban J connectivity index is 2.44. The van der Waals surface area contributed by atoms with Crippen molar-refractivity contribution >= 4 is 0 Å². The van der Waals surface area contributed by atoms with Crippen LogP contribution in [0.25, 0.3) is 0 Å². The number of aliphatic hydroxyl groups is 1. The molecule has 0 amide bonds. The smallest absolute Gasteiger partial charge is 0.127 e. The number of aliphatic hydroxyl groups excluding tert-OH is 1. The summed E-state index contributed by atoms with van der Waals surface area (Å²) in [7, 11) is 0. The van der Waals surface area contributed by atoms with Crippen LogP contribution in [-0.2, 0) is 6.54 Å². The topological polar surface area (TPSA) is 32.3 Å². The first-order valence-electron chi connectivity index (χ1n) is 6.78. The van der Waals surface area contributed by atoms with E-state index in [1.54, 1.807) is 0 Å². The van der Waals surface area contributed by atoms with Gasteiger partial charge in [0.2, 0.25) is 0 Å². The maximum absolute atomic E-state index is 13.4. The molecule has 0 aliphatic rings. The quantitative estimate of drug-likeness (QED) is 0.761. The van der Waals surface area contributed by atoms with Gasteiger partial charge in [-0.15, -0.1) is 0 Å². The first kappa shape index (κ1) is 16.1. The first-order chi connectivity index (χ1) is 9.02. The van der Waals surface area contributed by atoms with Crippen LogP contribution in [0, 0.1) is 23.5 Å². The molecule has 1 unspecified atom stereocenters. The molecule has 19 heavy (non-hydrogen) atoms. The highest BCUT2D eigenvalue weighted by molar-refractivity contribution is 5.18. The van der Waals surface area contributed by atoms with Gasteiger partial charge in [-0.3, -0.25) is 0 Å². The zero-order valence-electron chi connectivity index (χ0n) is 11.6. The Hall–Kier alpha value is -1.00. The standard InChI is InChI=1S/C15H23F2NO/c1-11(2)7-12(5-6-19)9-18-10-13-8-14(16)3-4-15(13)17/h3-4,8,11-12,18-19H,5-7,9-10H2,1-2H3. The van der Waals surface area contributed by atoms with Crippen LogP contribution in [0.2, 0.25) is 0 Å². The lowest BCUT2D eigenvalue weighted by Gasteiger charge is -2.18. The predicted molar refractivity (Wildman–Crippen MR) is 72.7 cm³/mol. The molecule has 4 heteroatoms. The number of halogens is 2. The molecule has 0 saturated carbocycles. The van der Waals surface area contributed by atoms with Gasteiger partial charge in [0.1, 0.15) is 11.6 Å². The SMILES string of the molecule is CC(C)CC(CCO)CNCc1cc(F)ccc1F. The Morgan fingerprint density at radius 3 is 2.63 bits per heavy atom. The molecular formula is C15H23F2NO. The van der Waals surface area contributed by atoms with Gasteiger partial charge in [-0.25, -0.2) is 8.78 Å². The van der Waals surface area contributed by atoms with Crippen molar-refractivity contribution in [3.63, 3.8) is 0 Å². The average molecular weight is 271 g/mol. The van der Waals surface area contributed by atoms with E-state index < -0.39 is 11.6 Å². The second kappa shape index (κ2) is 8.23. The van der Waals surface area contributed by atoms with Gasteiger partial charge in [0.25, 0.3) is 0 Å². The summed E-state index contributed by atoms with van der Waals surface area (Å²) in [6.45, 7) is 5.44. The minimum Gasteiger partial charge on any atom is -0.396 e. The third-order valence-electron chi connectivity index (χ3n) is 3.10. The van der Waals surface area contributed by atoms with Gasteiger partial charge in [-0.2, -0.15) is 0 Å². The number of hydrogen-bond donors (Lipinski definition) is 2. The fraction of sp³-hybridized carbons (Fsp3) is 0.600. The van der Waals surface area contributed by atoms with E-state index in [2.05, 4.69) is 19.2 Å². The van der Waals surface area contributed by atoms with Crippen LogP contribution in [0.15, 0.2) is 18.2 Å². The minimum absolute atomic E-state index is 0.160. The summed E-state index contributed by atoms with van der Waals surface area (Å²) in [5, 5.41) is 12.2. The maximum atomic E-state index is 13.4. The molecule has 0 fully saturated rings. The Morgan fingerprint density at radius 2 is 2.00 bits per heavy atom. The molecule has 0 aliphatic carbocycles. The fourth-order valence-electron chi connectivity index (χ4n) is 2.24. The molecule has 0 heterocycles. The van der Waals surface area contributed by atoms with Crippen LogP contribution < -0.4 is 5.32 Å². The summed E-state index contributed by atoms with van der Waals surface area (Å²) in [5.74, 6) is 0.106. The summed E-state index contributed by atoms with van der Waals surface area (Å²) in [4.78, 5) is 0. The Kier molecular flexibility index (Phi) is 6.95. The molecule has 1 atom stereocenters. The molecule has 1 rings (SSSR count). The lowest BCUT2D eigenvalue weighted by atomic mass is 9.94. The van der Waals surface area contributed by atoms with Crippen molar-refractivity contribution in [3.05, 3.63) is 35.4 Å². The van der Waals surface area contributed by atoms with Crippen LogP contribution in [-0.4, -0.2) is 18.3 Å². The molecule has 1 aromatic carbocycles. The second-order valence-corrected chi connectivity index (χ2v) is 5.37. The van der Waals surface area contributed by atoms with E-state index in [0.717, 1.165) is 25.0 Å². The van der Waals surface area contributed by atoms with Gasteiger partial charge in [0.15, 0.2) is 0 Å². The van der Waals surface area contributed by atoms with Crippen molar-refractivity contribution in [3.8, 4) is 0 Å². The summed E-state index contributed by atoms with van der Waals surface area (Å²) < 4.78 is 26.4. The number of nitrogens with one attached hydrogen (secondary N) is 1. The molecular weight excluding hydrogens is 248 g/mol. The molecule has 0 spiro atoms. The monoisotopic (exact) mass is 271 g/mol. The molecule has 0 radical (unpaired) electrons. The third kappa shape index (κ3) is 6.12. The van der Waals surface area contributed by atoms with Crippen LogP contribution in [0.5, 0.6) is 0 Å². The molecule has 1 aromatic rings. The van der Waals surface area contributed by atoms with Gasteiger partial charge in [-0.1, -0.05) is 13.8 Å². The van der Waals surface area contributed by atoms with Crippen molar-refractivity contribution in [1.82, 2.24) is 5.32 Å². The minimum atomic E-state index is -0.424. The van der Waals surface area contributed by atoms with Crippen LogP contribution in [0.3, 0.4) is 0 Å². The third-order valence-corrected chi connectivity index (χ3v) is 3.10. The Bertz CT molecular complexity index is 382. The van der Waals surface area contributed by atoms with Crippen molar-refractivity contribution in [2.75, 3.05) is 13.2 Å². The van der Waals surface area contributed by atoms with E-state index in [-0.39, 0.29) is 6.61 Å². The maximum Gasteiger partial charge on any atom is 0.127 e.